The Balaban J connectivity index is 1.62. The third-order valence-electron chi connectivity index (χ3n) is 4.14. The minimum Gasteiger partial charge on any atom is -0.399 e. The van der Waals surface area contributed by atoms with Crippen LogP contribution >= 0.6 is 22.9 Å². The van der Waals surface area contributed by atoms with E-state index < -0.39 is 0 Å². The number of rotatable bonds is 4. The van der Waals surface area contributed by atoms with Gasteiger partial charge in [0.2, 0.25) is 0 Å². The molecule has 1 aliphatic rings. The van der Waals surface area contributed by atoms with Crippen LogP contribution in [0.25, 0.3) is 0 Å². The molecule has 0 radical (unpaired) electrons. The van der Waals surface area contributed by atoms with Gasteiger partial charge >= 0.3 is 0 Å². The first-order valence-electron chi connectivity index (χ1n) is 8.04. The summed E-state index contributed by atoms with van der Waals surface area (Å²) >= 11 is 7.51. The van der Waals surface area contributed by atoms with Crippen LogP contribution in [0.4, 0.5) is 10.8 Å². The zero-order chi connectivity index (χ0) is 17.1. The number of nitrogens with one attached hydrogen (secondary N) is 1. The van der Waals surface area contributed by atoms with Crippen molar-refractivity contribution in [3.63, 3.8) is 0 Å². The topological polar surface area (TPSA) is 71.2 Å². The molecule has 1 amide bonds. The summed E-state index contributed by atoms with van der Waals surface area (Å²) in [5.41, 5.74) is 7.57. The van der Waals surface area contributed by atoms with Crippen LogP contribution in [-0.4, -0.2) is 28.9 Å². The lowest BCUT2D eigenvalue weighted by Gasteiger charge is -2.30. The maximum absolute atomic E-state index is 12.3. The van der Waals surface area contributed by atoms with Gasteiger partial charge in [0.25, 0.3) is 5.91 Å². The molecule has 24 heavy (non-hydrogen) atoms. The predicted molar refractivity (Wildman–Crippen MR) is 99.6 cm³/mol. The molecule has 1 fully saturated rings. The molecule has 0 aliphatic carbocycles. The number of carbonyl (C=O) groups excluding carboxylic acids is 1. The number of piperidine rings is 1. The Labute approximate surface area is 150 Å². The van der Waals surface area contributed by atoms with Crippen molar-refractivity contribution in [1.29, 1.82) is 0 Å². The van der Waals surface area contributed by atoms with Crippen molar-refractivity contribution in [1.82, 2.24) is 9.88 Å². The van der Waals surface area contributed by atoms with Gasteiger partial charge < -0.3 is 5.73 Å². The van der Waals surface area contributed by atoms with Gasteiger partial charge in [-0.2, -0.15) is 0 Å². The standard InChI is InChI=1S/C17H21ClN4OS/c1-11-3-2-6-22(8-11)9-13-10-24-17(20-13)21-16(23)14-5-4-12(19)7-15(14)18/h4-5,7,10-11H,2-3,6,8-9,19H2,1H3,(H,20,21,23). The average molecular weight is 365 g/mol. The number of nitrogens with zero attached hydrogens (tertiary/aromatic N) is 2. The van der Waals surface area contributed by atoms with Crippen molar-refractivity contribution >= 4 is 39.7 Å². The first-order chi connectivity index (χ1) is 11.5. The van der Waals surface area contributed by atoms with E-state index in [1.807, 2.05) is 5.38 Å². The van der Waals surface area contributed by atoms with Gasteiger partial charge in [-0.3, -0.25) is 15.0 Å². The summed E-state index contributed by atoms with van der Waals surface area (Å²) in [6.45, 7) is 5.35. The van der Waals surface area contributed by atoms with Crippen LogP contribution in [0.1, 0.15) is 35.8 Å². The van der Waals surface area contributed by atoms with Crippen LogP contribution in [0.5, 0.6) is 0 Å². The number of halogens is 1. The fourth-order valence-electron chi connectivity index (χ4n) is 2.98. The number of nitrogen functional groups attached to an aromatic ring is 1. The van der Waals surface area contributed by atoms with E-state index in [1.54, 1.807) is 18.2 Å². The number of hydrogen-bond donors (Lipinski definition) is 2. The molecule has 7 heteroatoms. The fourth-order valence-corrected chi connectivity index (χ4v) is 3.95. The zero-order valence-corrected chi connectivity index (χ0v) is 15.2. The molecule has 0 bridgehead atoms. The Morgan fingerprint density at radius 3 is 3.12 bits per heavy atom. The molecule has 0 saturated carbocycles. The molecule has 1 atom stereocenters. The van der Waals surface area contributed by atoms with Gasteiger partial charge in [-0.25, -0.2) is 4.98 Å². The van der Waals surface area contributed by atoms with E-state index in [0.717, 1.165) is 31.2 Å². The number of thiazole rings is 1. The highest BCUT2D eigenvalue weighted by atomic mass is 35.5. The van der Waals surface area contributed by atoms with Gasteiger partial charge in [0.15, 0.2) is 5.13 Å². The van der Waals surface area contributed by atoms with E-state index in [2.05, 4.69) is 22.1 Å². The van der Waals surface area contributed by atoms with E-state index in [1.165, 1.54) is 24.2 Å². The third-order valence-corrected chi connectivity index (χ3v) is 5.26. The molecular formula is C17H21ClN4OS. The van der Waals surface area contributed by atoms with Crippen molar-refractivity contribution in [3.8, 4) is 0 Å². The summed E-state index contributed by atoms with van der Waals surface area (Å²) in [5.74, 6) is 0.469. The monoisotopic (exact) mass is 364 g/mol. The van der Waals surface area contributed by atoms with Gasteiger partial charge in [-0.05, 0) is 43.5 Å². The van der Waals surface area contributed by atoms with Gasteiger partial charge in [0, 0.05) is 24.2 Å². The molecule has 3 rings (SSSR count). The second kappa shape index (κ2) is 7.51. The highest BCUT2D eigenvalue weighted by molar-refractivity contribution is 7.14. The molecule has 1 saturated heterocycles. The number of benzene rings is 1. The summed E-state index contributed by atoms with van der Waals surface area (Å²) in [7, 11) is 0. The molecule has 0 spiro atoms. The van der Waals surface area contributed by atoms with Gasteiger partial charge in [0.05, 0.1) is 16.3 Å². The largest absolute Gasteiger partial charge is 0.399 e. The molecule has 1 aromatic heterocycles. The van der Waals surface area contributed by atoms with Crippen LogP contribution < -0.4 is 11.1 Å². The number of nitrogens with two attached hydrogens (primary N) is 1. The van der Waals surface area contributed by atoms with Crippen LogP contribution in [0, 0.1) is 5.92 Å². The van der Waals surface area contributed by atoms with E-state index in [-0.39, 0.29) is 5.91 Å². The smallest absolute Gasteiger partial charge is 0.258 e. The summed E-state index contributed by atoms with van der Waals surface area (Å²) in [6, 6.07) is 4.85. The normalized spacial score (nSPS) is 18.5. The first-order valence-corrected chi connectivity index (χ1v) is 9.30. The first kappa shape index (κ1) is 17.2. The van der Waals surface area contributed by atoms with Crippen LogP contribution in [0.3, 0.4) is 0 Å². The minimum atomic E-state index is -0.271. The van der Waals surface area contributed by atoms with Crippen molar-refractivity contribution in [3.05, 3.63) is 39.9 Å². The molecule has 1 unspecified atom stereocenters. The lowest BCUT2D eigenvalue weighted by Crippen LogP contribution is -2.33. The van der Waals surface area contributed by atoms with Crippen molar-refractivity contribution in [2.24, 2.45) is 5.92 Å². The van der Waals surface area contributed by atoms with E-state index in [4.69, 9.17) is 17.3 Å². The molecule has 1 aliphatic heterocycles. The Bertz CT molecular complexity index is 733. The SMILES string of the molecule is CC1CCCN(Cc2csc(NC(=O)c3ccc(N)cc3Cl)n2)C1. The highest BCUT2D eigenvalue weighted by Gasteiger charge is 2.18. The second-order valence-corrected chi connectivity index (χ2v) is 7.59. The van der Waals surface area contributed by atoms with Crippen LogP contribution in [0.2, 0.25) is 5.02 Å². The Morgan fingerprint density at radius 2 is 2.38 bits per heavy atom. The summed E-state index contributed by atoms with van der Waals surface area (Å²) in [6.07, 6.45) is 2.54. The molecular weight excluding hydrogens is 344 g/mol. The molecule has 3 N–H and O–H groups in total. The Kier molecular flexibility index (Phi) is 5.38. The molecule has 2 aromatic rings. The van der Waals surface area contributed by atoms with E-state index in [9.17, 15) is 4.79 Å². The van der Waals surface area contributed by atoms with Gasteiger partial charge in [0.1, 0.15) is 0 Å². The van der Waals surface area contributed by atoms with Crippen molar-refractivity contribution in [2.75, 3.05) is 24.1 Å². The zero-order valence-electron chi connectivity index (χ0n) is 13.6. The number of hydrogen-bond acceptors (Lipinski definition) is 5. The third kappa shape index (κ3) is 4.26. The maximum atomic E-state index is 12.3. The molecule has 5 nitrogen and oxygen atoms in total. The summed E-state index contributed by atoms with van der Waals surface area (Å²) < 4.78 is 0. The van der Waals surface area contributed by atoms with Crippen LogP contribution in [0.15, 0.2) is 23.6 Å². The molecule has 1 aromatic carbocycles. The summed E-state index contributed by atoms with van der Waals surface area (Å²) in [5, 5.41) is 5.74. The average Bonchev–Trinajstić information content (AvgIpc) is 2.94. The molecule has 2 heterocycles. The van der Waals surface area contributed by atoms with Gasteiger partial charge in [-0.1, -0.05) is 18.5 Å². The second-order valence-electron chi connectivity index (χ2n) is 6.32. The van der Waals surface area contributed by atoms with Gasteiger partial charge in [-0.15, -0.1) is 11.3 Å². The fraction of sp³-hybridized carbons (Fsp3) is 0.412. The quantitative estimate of drug-likeness (QED) is 0.808. The highest BCUT2D eigenvalue weighted by Crippen LogP contribution is 2.23. The predicted octanol–water partition coefficient (Wildman–Crippen LogP) is 3.86. The Morgan fingerprint density at radius 1 is 1.54 bits per heavy atom. The maximum Gasteiger partial charge on any atom is 0.258 e. The van der Waals surface area contributed by atoms with E-state index in [0.29, 0.717) is 21.4 Å². The Hall–Kier alpha value is -1.63. The van der Waals surface area contributed by atoms with E-state index >= 15 is 0 Å². The minimum absolute atomic E-state index is 0.271. The lowest BCUT2D eigenvalue weighted by molar-refractivity contribution is 0.102. The lowest BCUT2D eigenvalue weighted by atomic mass is 10.0. The number of amides is 1. The number of anilines is 2. The van der Waals surface area contributed by atoms with Crippen molar-refractivity contribution in [2.45, 2.75) is 26.3 Å². The number of aromatic nitrogens is 1. The summed E-state index contributed by atoms with van der Waals surface area (Å²) in [4.78, 5) is 19.2. The van der Waals surface area contributed by atoms with Crippen molar-refractivity contribution < 1.29 is 4.79 Å². The van der Waals surface area contributed by atoms with Crippen LogP contribution in [-0.2, 0) is 6.54 Å². The number of carbonyl (C=O) groups is 1. The molecule has 128 valence electrons. The number of likely N-dealkylation sites (tertiary alicyclic amines) is 1.